The Morgan fingerprint density at radius 1 is 1.10 bits per heavy atom. The Kier molecular flexibility index (Phi) is 8.87. The van der Waals surface area contributed by atoms with Crippen LogP contribution in [0, 0.1) is 0 Å². The van der Waals surface area contributed by atoms with Gasteiger partial charge in [0, 0.05) is 24.7 Å². The largest absolute Gasteiger partial charge is 0.357 e. The van der Waals surface area contributed by atoms with Crippen LogP contribution in [0.3, 0.4) is 0 Å². The minimum absolute atomic E-state index is 0.651. The van der Waals surface area contributed by atoms with E-state index in [0.717, 1.165) is 49.3 Å². The number of likely N-dealkylation sites (N-methyl/N-ethyl adjacent to an activating group) is 1. The van der Waals surface area contributed by atoms with Gasteiger partial charge in [0.2, 0.25) is 0 Å². The molecule has 0 spiro atoms. The molecule has 0 aliphatic rings. The molecule has 5 heteroatoms. The molecule has 0 aliphatic carbocycles. The predicted molar refractivity (Wildman–Crippen MR) is 92.1 cm³/mol. The molecule has 2 N–H and O–H groups in total. The first-order valence-electron chi connectivity index (χ1n) is 7.68. The summed E-state index contributed by atoms with van der Waals surface area (Å²) in [7, 11) is 0. The lowest BCUT2D eigenvalue weighted by Crippen LogP contribution is -2.41. The van der Waals surface area contributed by atoms with Gasteiger partial charge >= 0.3 is 0 Å². The highest BCUT2D eigenvalue weighted by molar-refractivity contribution is 6.30. The van der Waals surface area contributed by atoms with E-state index in [0.29, 0.717) is 6.54 Å². The normalized spacial score (nSPS) is 11.8. The van der Waals surface area contributed by atoms with Crippen LogP contribution in [0.25, 0.3) is 0 Å². The lowest BCUT2D eigenvalue weighted by molar-refractivity contribution is 0.308. The summed E-state index contributed by atoms with van der Waals surface area (Å²) in [4.78, 5) is 6.98. The van der Waals surface area contributed by atoms with Crippen molar-refractivity contribution in [3.63, 3.8) is 0 Å². The minimum Gasteiger partial charge on any atom is -0.357 e. The molecule has 1 rings (SSSR count). The summed E-state index contributed by atoms with van der Waals surface area (Å²) < 4.78 is 0. The van der Waals surface area contributed by atoms with Crippen LogP contribution in [0.5, 0.6) is 0 Å². The van der Waals surface area contributed by atoms with E-state index in [2.05, 4.69) is 41.3 Å². The highest BCUT2D eigenvalue weighted by atomic mass is 35.5. The van der Waals surface area contributed by atoms with E-state index in [1.807, 2.05) is 24.3 Å². The fraction of sp³-hybridized carbons (Fsp3) is 0.562. The summed E-state index contributed by atoms with van der Waals surface area (Å²) >= 11 is 5.88. The maximum absolute atomic E-state index is 5.88. The lowest BCUT2D eigenvalue weighted by atomic mass is 10.2. The monoisotopic (exact) mass is 310 g/mol. The SMILES string of the molecule is CCNC(=NCc1ccc(Cl)cc1)NCCN(CC)CC. The molecular formula is C16H27ClN4. The average molecular weight is 311 g/mol. The van der Waals surface area contributed by atoms with Gasteiger partial charge in [-0.1, -0.05) is 37.6 Å². The van der Waals surface area contributed by atoms with Gasteiger partial charge in [0.1, 0.15) is 0 Å². The summed E-state index contributed by atoms with van der Waals surface area (Å²) in [5, 5.41) is 7.40. The first kappa shape index (κ1) is 17.8. The van der Waals surface area contributed by atoms with Gasteiger partial charge in [0.15, 0.2) is 5.96 Å². The minimum atomic E-state index is 0.651. The van der Waals surface area contributed by atoms with E-state index in [-0.39, 0.29) is 0 Å². The number of rotatable bonds is 8. The third-order valence-electron chi connectivity index (χ3n) is 3.29. The Labute approximate surface area is 133 Å². The number of hydrogen-bond donors (Lipinski definition) is 2. The summed E-state index contributed by atoms with van der Waals surface area (Å²) in [5.74, 6) is 0.861. The van der Waals surface area contributed by atoms with Crippen molar-refractivity contribution in [2.75, 3.05) is 32.7 Å². The topological polar surface area (TPSA) is 39.7 Å². The maximum Gasteiger partial charge on any atom is 0.191 e. The van der Waals surface area contributed by atoms with Gasteiger partial charge in [0.05, 0.1) is 6.54 Å². The molecule has 21 heavy (non-hydrogen) atoms. The van der Waals surface area contributed by atoms with Crippen LogP contribution in [-0.2, 0) is 6.54 Å². The third-order valence-corrected chi connectivity index (χ3v) is 3.54. The maximum atomic E-state index is 5.88. The number of nitrogens with one attached hydrogen (secondary N) is 2. The fourth-order valence-corrected chi connectivity index (χ4v) is 2.10. The zero-order chi connectivity index (χ0) is 15.5. The molecule has 0 aromatic heterocycles. The molecular weight excluding hydrogens is 284 g/mol. The molecule has 0 atom stereocenters. The zero-order valence-corrected chi connectivity index (χ0v) is 14.1. The molecule has 0 aliphatic heterocycles. The van der Waals surface area contributed by atoms with E-state index >= 15 is 0 Å². The molecule has 118 valence electrons. The van der Waals surface area contributed by atoms with Crippen molar-refractivity contribution in [1.82, 2.24) is 15.5 Å². The number of guanidine groups is 1. The van der Waals surface area contributed by atoms with Gasteiger partial charge in [-0.25, -0.2) is 4.99 Å². The van der Waals surface area contributed by atoms with Crippen LogP contribution >= 0.6 is 11.6 Å². The quantitative estimate of drug-likeness (QED) is 0.573. The number of aliphatic imine (C=N–C) groups is 1. The molecule has 0 radical (unpaired) electrons. The van der Waals surface area contributed by atoms with Crippen molar-refractivity contribution < 1.29 is 0 Å². The third kappa shape index (κ3) is 7.34. The average Bonchev–Trinajstić information content (AvgIpc) is 2.50. The second-order valence-corrected chi connectivity index (χ2v) is 5.21. The fourth-order valence-electron chi connectivity index (χ4n) is 1.97. The standard InChI is InChI=1S/C16H27ClN4/c1-4-18-16(19-11-12-21(5-2)6-3)20-13-14-7-9-15(17)10-8-14/h7-10H,4-6,11-13H2,1-3H3,(H2,18,19,20). The van der Waals surface area contributed by atoms with Crippen LogP contribution in [0.4, 0.5) is 0 Å². The smallest absolute Gasteiger partial charge is 0.191 e. The Hall–Kier alpha value is -1.26. The molecule has 0 amide bonds. The Morgan fingerprint density at radius 2 is 1.76 bits per heavy atom. The second kappa shape index (κ2) is 10.5. The van der Waals surface area contributed by atoms with Crippen LogP contribution in [0.15, 0.2) is 29.3 Å². The van der Waals surface area contributed by atoms with Crippen LogP contribution in [0.2, 0.25) is 5.02 Å². The number of benzene rings is 1. The summed E-state index contributed by atoms with van der Waals surface area (Å²) in [5.41, 5.74) is 1.15. The van der Waals surface area contributed by atoms with Crippen molar-refractivity contribution in [2.24, 2.45) is 4.99 Å². The molecule has 1 aromatic carbocycles. The molecule has 1 aromatic rings. The van der Waals surface area contributed by atoms with Crippen molar-refractivity contribution in [3.05, 3.63) is 34.9 Å². The molecule has 0 fully saturated rings. The Balaban J connectivity index is 2.47. The molecule has 0 saturated heterocycles. The van der Waals surface area contributed by atoms with E-state index in [1.54, 1.807) is 0 Å². The highest BCUT2D eigenvalue weighted by Crippen LogP contribution is 2.09. The molecule has 0 unspecified atom stereocenters. The van der Waals surface area contributed by atoms with Gasteiger partial charge in [-0.05, 0) is 37.7 Å². The lowest BCUT2D eigenvalue weighted by Gasteiger charge is -2.19. The van der Waals surface area contributed by atoms with Gasteiger partial charge < -0.3 is 15.5 Å². The van der Waals surface area contributed by atoms with Gasteiger partial charge in [-0.3, -0.25) is 0 Å². The highest BCUT2D eigenvalue weighted by Gasteiger charge is 2.01. The summed E-state index contributed by atoms with van der Waals surface area (Å²) in [6, 6.07) is 7.80. The molecule has 0 saturated carbocycles. The van der Waals surface area contributed by atoms with Crippen LogP contribution in [0.1, 0.15) is 26.3 Å². The predicted octanol–water partition coefficient (Wildman–Crippen LogP) is 2.74. The van der Waals surface area contributed by atoms with Gasteiger partial charge in [-0.2, -0.15) is 0 Å². The van der Waals surface area contributed by atoms with E-state index < -0.39 is 0 Å². The van der Waals surface area contributed by atoms with Crippen molar-refractivity contribution in [1.29, 1.82) is 0 Å². The summed E-state index contributed by atoms with van der Waals surface area (Å²) in [6.45, 7) is 12.0. The number of hydrogen-bond acceptors (Lipinski definition) is 2. The number of nitrogens with zero attached hydrogens (tertiary/aromatic N) is 2. The van der Waals surface area contributed by atoms with E-state index in [4.69, 9.17) is 11.6 Å². The van der Waals surface area contributed by atoms with Crippen LogP contribution < -0.4 is 10.6 Å². The first-order valence-corrected chi connectivity index (χ1v) is 8.06. The summed E-state index contributed by atoms with van der Waals surface area (Å²) in [6.07, 6.45) is 0. The van der Waals surface area contributed by atoms with Crippen molar-refractivity contribution in [2.45, 2.75) is 27.3 Å². The molecule has 4 nitrogen and oxygen atoms in total. The zero-order valence-electron chi connectivity index (χ0n) is 13.3. The van der Waals surface area contributed by atoms with E-state index in [9.17, 15) is 0 Å². The Morgan fingerprint density at radius 3 is 2.33 bits per heavy atom. The van der Waals surface area contributed by atoms with Crippen LogP contribution in [-0.4, -0.2) is 43.6 Å². The molecule has 0 heterocycles. The Bertz CT molecular complexity index is 413. The van der Waals surface area contributed by atoms with Gasteiger partial charge in [0.25, 0.3) is 0 Å². The van der Waals surface area contributed by atoms with Crippen molar-refractivity contribution >= 4 is 17.6 Å². The first-order chi connectivity index (χ1) is 10.2. The van der Waals surface area contributed by atoms with E-state index in [1.165, 1.54) is 0 Å². The molecule has 0 bridgehead atoms. The second-order valence-electron chi connectivity index (χ2n) is 4.78. The van der Waals surface area contributed by atoms with Gasteiger partial charge in [-0.15, -0.1) is 0 Å². The van der Waals surface area contributed by atoms with Crippen molar-refractivity contribution in [3.8, 4) is 0 Å². The number of halogens is 1.